The Balaban J connectivity index is 1.89. The van der Waals surface area contributed by atoms with E-state index in [9.17, 15) is 4.79 Å². The molecule has 1 fully saturated rings. The summed E-state index contributed by atoms with van der Waals surface area (Å²) in [4.78, 5) is 19.0. The molecule has 1 atom stereocenters. The van der Waals surface area contributed by atoms with Crippen molar-refractivity contribution in [1.29, 1.82) is 0 Å². The SMILES string of the molecule is Cc1cc(=O)n2nc(CN3CC[C@@H](N)C3)sc2n1. The predicted molar refractivity (Wildman–Crippen MR) is 69.7 cm³/mol. The molecule has 3 heterocycles. The lowest BCUT2D eigenvalue weighted by Crippen LogP contribution is -2.26. The number of likely N-dealkylation sites (tertiary alicyclic amines) is 1. The Hall–Kier alpha value is -1.31. The topological polar surface area (TPSA) is 76.5 Å². The van der Waals surface area contributed by atoms with Crippen molar-refractivity contribution in [3.05, 3.63) is 27.1 Å². The van der Waals surface area contributed by atoms with Gasteiger partial charge < -0.3 is 5.73 Å². The van der Waals surface area contributed by atoms with Crippen LogP contribution in [0.2, 0.25) is 0 Å². The fourth-order valence-electron chi connectivity index (χ4n) is 2.22. The van der Waals surface area contributed by atoms with E-state index in [-0.39, 0.29) is 11.6 Å². The minimum absolute atomic E-state index is 0.113. The van der Waals surface area contributed by atoms with Gasteiger partial charge in [0.05, 0.1) is 6.54 Å². The van der Waals surface area contributed by atoms with Crippen LogP contribution in [0.25, 0.3) is 4.96 Å². The van der Waals surface area contributed by atoms with E-state index >= 15 is 0 Å². The highest BCUT2D eigenvalue weighted by atomic mass is 32.1. The molecule has 0 aliphatic carbocycles. The van der Waals surface area contributed by atoms with E-state index in [2.05, 4.69) is 15.0 Å². The van der Waals surface area contributed by atoms with Crippen molar-refractivity contribution in [2.75, 3.05) is 13.1 Å². The quantitative estimate of drug-likeness (QED) is 0.826. The second-order valence-corrected chi connectivity index (χ2v) is 5.75. The third kappa shape index (κ3) is 2.16. The molecule has 1 aliphatic heterocycles. The number of fused-ring (bicyclic) bond motifs is 1. The average Bonchev–Trinajstić information content (AvgIpc) is 2.85. The standard InChI is InChI=1S/C11H15N5OS/c1-7-4-10(17)16-11(13-7)18-9(14-16)6-15-3-2-8(12)5-15/h4,8H,2-3,5-6,12H2,1H3/t8-/m1/s1. The van der Waals surface area contributed by atoms with Gasteiger partial charge >= 0.3 is 0 Å². The van der Waals surface area contributed by atoms with E-state index in [0.717, 1.165) is 36.8 Å². The Kier molecular flexibility index (Phi) is 2.89. The third-order valence-corrected chi connectivity index (χ3v) is 3.98. The van der Waals surface area contributed by atoms with E-state index < -0.39 is 0 Å². The van der Waals surface area contributed by atoms with Gasteiger partial charge in [-0.3, -0.25) is 9.69 Å². The van der Waals surface area contributed by atoms with Gasteiger partial charge in [0.2, 0.25) is 4.96 Å². The summed E-state index contributed by atoms with van der Waals surface area (Å²) in [7, 11) is 0. The number of hydrogen-bond acceptors (Lipinski definition) is 6. The van der Waals surface area contributed by atoms with Crippen molar-refractivity contribution in [1.82, 2.24) is 19.5 Å². The summed E-state index contributed by atoms with van der Waals surface area (Å²) in [5.74, 6) is 0. The van der Waals surface area contributed by atoms with Gasteiger partial charge in [-0.25, -0.2) is 4.98 Å². The molecule has 2 aromatic rings. The summed E-state index contributed by atoms with van der Waals surface area (Å²) >= 11 is 1.47. The Bertz CT molecular complexity index is 634. The molecule has 1 aliphatic rings. The van der Waals surface area contributed by atoms with Gasteiger partial charge in [0.15, 0.2) is 0 Å². The fourth-order valence-corrected chi connectivity index (χ4v) is 3.21. The van der Waals surface area contributed by atoms with Crippen LogP contribution in [0.5, 0.6) is 0 Å². The number of nitrogens with two attached hydrogens (primary N) is 1. The molecule has 2 N–H and O–H groups in total. The van der Waals surface area contributed by atoms with Crippen LogP contribution < -0.4 is 11.3 Å². The molecule has 0 aromatic carbocycles. The average molecular weight is 265 g/mol. The molecule has 6 nitrogen and oxygen atoms in total. The summed E-state index contributed by atoms with van der Waals surface area (Å²) in [5.41, 5.74) is 6.49. The lowest BCUT2D eigenvalue weighted by atomic mass is 10.3. The van der Waals surface area contributed by atoms with Crippen molar-refractivity contribution < 1.29 is 0 Å². The van der Waals surface area contributed by atoms with Crippen LogP contribution >= 0.6 is 11.3 Å². The molecule has 96 valence electrons. The molecule has 0 amide bonds. The number of nitrogens with zero attached hydrogens (tertiary/aromatic N) is 4. The summed E-state index contributed by atoms with van der Waals surface area (Å²) in [5, 5.41) is 5.24. The number of aryl methyl sites for hydroxylation is 1. The molecule has 18 heavy (non-hydrogen) atoms. The molecule has 3 rings (SSSR count). The maximum absolute atomic E-state index is 11.7. The number of aromatic nitrogens is 3. The molecule has 0 radical (unpaired) electrons. The number of rotatable bonds is 2. The van der Waals surface area contributed by atoms with Gasteiger partial charge in [0.25, 0.3) is 5.56 Å². The Labute approximate surface area is 108 Å². The maximum atomic E-state index is 11.7. The molecule has 7 heteroatoms. The number of hydrogen-bond donors (Lipinski definition) is 1. The van der Waals surface area contributed by atoms with Gasteiger partial charge in [-0.1, -0.05) is 11.3 Å². The van der Waals surface area contributed by atoms with Gasteiger partial charge in [-0.2, -0.15) is 9.61 Å². The van der Waals surface area contributed by atoms with Crippen molar-refractivity contribution in [2.45, 2.75) is 25.9 Å². The molecule has 2 aromatic heterocycles. The third-order valence-electron chi connectivity index (χ3n) is 3.08. The van der Waals surface area contributed by atoms with E-state index in [1.165, 1.54) is 21.9 Å². The smallest absolute Gasteiger partial charge is 0.275 e. The van der Waals surface area contributed by atoms with Gasteiger partial charge in [0, 0.05) is 30.9 Å². The van der Waals surface area contributed by atoms with Crippen LogP contribution in [-0.2, 0) is 6.54 Å². The molecule has 0 spiro atoms. The van der Waals surface area contributed by atoms with E-state index in [1.54, 1.807) is 0 Å². The first-order valence-corrected chi connectivity index (χ1v) is 6.78. The monoisotopic (exact) mass is 265 g/mol. The Morgan fingerprint density at radius 2 is 2.44 bits per heavy atom. The van der Waals surface area contributed by atoms with Crippen LogP contribution in [0.15, 0.2) is 10.9 Å². The zero-order valence-electron chi connectivity index (χ0n) is 10.2. The minimum atomic E-state index is -0.113. The van der Waals surface area contributed by atoms with Crippen molar-refractivity contribution in [2.24, 2.45) is 5.73 Å². The highest BCUT2D eigenvalue weighted by Gasteiger charge is 2.20. The van der Waals surface area contributed by atoms with Crippen LogP contribution in [0.3, 0.4) is 0 Å². The molecule has 1 saturated heterocycles. The van der Waals surface area contributed by atoms with Crippen LogP contribution in [0.4, 0.5) is 0 Å². The van der Waals surface area contributed by atoms with Crippen molar-refractivity contribution in [3.63, 3.8) is 0 Å². The maximum Gasteiger partial charge on any atom is 0.275 e. The normalized spacial score (nSPS) is 20.9. The Morgan fingerprint density at radius 1 is 1.61 bits per heavy atom. The van der Waals surface area contributed by atoms with Gasteiger partial charge in [0.1, 0.15) is 5.01 Å². The molecule has 0 unspecified atom stereocenters. The summed E-state index contributed by atoms with van der Waals surface area (Å²) in [6.07, 6.45) is 1.03. The first-order chi connectivity index (χ1) is 8.61. The van der Waals surface area contributed by atoms with Crippen LogP contribution in [0.1, 0.15) is 17.1 Å². The summed E-state index contributed by atoms with van der Waals surface area (Å²) in [6.45, 7) is 4.47. The molecule has 0 bridgehead atoms. The summed E-state index contributed by atoms with van der Waals surface area (Å²) < 4.78 is 1.38. The molecular formula is C11H15N5OS. The highest BCUT2D eigenvalue weighted by molar-refractivity contribution is 7.16. The summed E-state index contributed by atoms with van der Waals surface area (Å²) in [6, 6.07) is 1.77. The van der Waals surface area contributed by atoms with E-state index in [4.69, 9.17) is 5.73 Å². The van der Waals surface area contributed by atoms with E-state index in [0.29, 0.717) is 4.96 Å². The zero-order chi connectivity index (χ0) is 12.7. The molecule has 0 saturated carbocycles. The van der Waals surface area contributed by atoms with Crippen LogP contribution in [0, 0.1) is 6.92 Å². The highest BCUT2D eigenvalue weighted by Crippen LogP contribution is 2.16. The van der Waals surface area contributed by atoms with Crippen molar-refractivity contribution in [3.8, 4) is 0 Å². The van der Waals surface area contributed by atoms with Crippen LogP contribution in [-0.4, -0.2) is 38.6 Å². The lowest BCUT2D eigenvalue weighted by Gasteiger charge is -2.11. The van der Waals surface area contributed by atoms with E-state index in [1.807, 2.05) is 6.92 Å². The van der Waals surface area contributed by atoms with Gasteiger partial charge in [-0.15, -0.1) is 0 Å². The Morgan fingerprint density at radius 3 is 3.17 bits per heavy atom. The second-order valence-electron chi connectivity index (χ2n) is 4.71. The largest absolute Gasteiger partial charge is 0.326 e. The predicted octanol–water partition coefficient (Wildman–Crippen LogP) is -0.00758. The second kappa shape index (κ2) is 4.42. The van der Waals surface area contributed by atoms with Crippen molar-refractivity contribution >= 4 is 16.3 Å². The lowest BCUT2D eigenvalue weighted by molar-refractivity contribution is 0.325. The zero-order valence-corrected chi connectivity index (χ0v) is 11.0. The van der Waals surface area contributed by atoms with Gasteiger partial charge in [-0.05, 0) is 13.3 Å². The molecular weight excluding hydrogens is 250 g/mol. The first kappa shape index (κ1) is 11.8. The first-order valence-electron chi connectivity index (χ1n) is 5.96. The fraction of sp³-hybridized carbons (Fsp3) is 0.545. The minimum Gasteiger partial charge on any atom is -0.326 e.